The summed E-state index contributed by atoms with van der Waals surface area (Å²) in [6, 6.07) is 5.15. The molecular formula is C16H22O5. The smallest absolute Gasteiger partial charge is 0.368 e. The summed E-state index contributed by atoms with van der Waals surface area (Å²) in [7, 11) is 1.19. The molecule has 0 aromatic heterocycles. The Hall–Kier alpha value is -1.72. The van der Waals surface area contributed by atoms with Crippen molar-refractivity contribution in [1.82, 2.24) is 0 Å². The van der Waals surface area contributed by atoms with E-state index in [0.29, 0.717) is 11.5 Å². The van der Waals surface area contributed by atoms with E-state index < -0.39 is 12.3 Å². The molecule has 5 heteroatoms. The number of Topliss-reactive ketones (excluding diaryl/α,β-unsaturated/α-hetero) is 1. The van der Waals surface area contributed by atoms with Crippen LogP contribution >= 0.6 is 0 Å². The highest BCUT2D eigenvalue weighted by molar-refractivity contribution is 5.97. The maximum absolute atomic E-state index is 11.7. The van der Waals surface area contributed by atoms with E-state index in [1.165, 1.54) is 14.0 Å². The van der Waals surface area contributed by atoms with Crippen LogP contribution in [-0.2, 0) is 9.53 Å². The van der Waals surface area contributed by atoms with Gasteiger partial charge < -0.3 is 14.6 Å². The molecule has 2 unspecified atom stereocenters. The minimum Gasteiger partial charge on any atom is -0.422 e. The molecule has 0 saturated carbocycles. The number of rotatable bonds is 7. The molecule has 0 heterocycles. The molecule has 0 spiro atoms. The monoisotopic (exact) mass is 294 g/mol. The molecule has 1 aromatic rings. The lowest BCUT2D eigenvalue weighted by Crippen LogP contribution is -2.27. The molecule has 5 nitrogen and oxygen atoms in total. The Balaban J connectivity index is 3.05. The number of esters is 1. The van der Waals surface area contributed by atoms with Crippen molar-refractivity contribution in [1.29, 1.82) is 0 Å². The van der Waals surface area contributed by atoms with Crippen molar-refractivity contribution < 1.29 is 24.2 Å². The zero-order valence-corrected chi connectivity index (χ0v) is 12.9. The first-order valence-electron chi connectivity index (χ1n) is 6.98. The Kier molecular flexibility index (Phi) is 6.52. The second-order valence-electron chi connectivity index (χ2n) is 5.01. The largest absolute Gasteiger partial charge is 0.422 e. The highest BCUT2D eigenvalue weighted by Gasteiger charge is 2.20. The summed E-state index contributed by atoms with van der Waals surface area (Å²) in [4.78, 5) is 23.3. The van der Waals surface area contributed by atoms with Crippen molar-refractivity contribution in [2.75, 3.05) is 7.11 Å². The summed E-state index contributed by atoms with van der Waals surface area (Å²) >= 11 is 0. The fraction of sp³-hybridized carbons (Fsp3) is 0.500. The third-order valence-electron chi connectivity index (χ3n) is 3.31. The lowest BCUT2D eigenvalue weighted by Gasteiger charge is -2.15. The summed E-state index contributed by atoms with van der Waals surface area (Å²) in [5.74, 6) is -0.692. The van der Waals surface area contributed by atoms with Gasteiger partial charge in [0.05, 0.1) is 5.56 Å². The average Bonchev–Trinajstić information content (AvgIpc) is 2.46. The van der Waals surface area contributed by atoms with Crippen molar-refractivity contribution in [3.63, 3.8) is 0 Å². The van der Waals surface area contributed by atoms with Crippen molar-refractivity contribution in [3.8, 4) is 5.75 Å². The van der Waals surface area contributed by atoms with E-state index in [1.807, 2.05) is 6.07 Å². The topological polar surface area (TPSA) is 72.8 Å². The van der Waals surface area contributed by atoms with Crippen LogP contribution in [0.3, 0.4) is 0 Å². The van der Waals surface area contributed by atoms with E-state index in [-0.39, 0.29) is 11.5 Å². The number of methoxy groups -OCH3 is 1. The SMILES string of the molecule is CCCC(C)c1ccc(OC(=O)C(O)OC)c(C(C)=O)c1. The predicted octanol–water partition coefficient (Wildman–Crippen LogP) is 2.66. The molecule has 1 N–H and O–H groups in total. The van der Waals surface area contributed by atoms with Crippen LogP contribution in [0, 0.1) is 0 Å². The Bertz CT molecular complexity index is 509. The van der Waals surface area contributed by atoms with E-state index >= 15 is 0 Å². The first-order chi connectivity index (χ1) is 9.90. The van der Waals surface area contributed by atoms with Gasteiger partial charge in [-0.25, -0.2) is 4.79 Å². The first kappa shape index (κ1) is 17.3. The molecule has 1 aromatic carbocycles. The average molecular weight is 294 g/mol. The molecule has 0 radical (unpaired) electrons. The summed E-state index contributed by atoms with van der Waals surface area (Å²) in [6.07, 6.45) is 0.398. The van der Waals surface area contributed by atoms with Crippen LogP contribution in [0.1, 0.15) is 55.5 Å². The summed E-state index contributed by atoms with van der Waals surface area (Å²) in [5, 5.41) is 9.25. The van der Waals surface area contributed by atoms with Gasteiger partial charge in [0.15, 0.2) is 5.78 Å². The molecule has 0 fully saturated rings. The molecular weight excluding hydrogens is 272 g/mol. The van der Waals surface area contributed by atoms with Gasteiger partial charge in [0.1, 0.15) is 5.75 Å². The number of ether oxygens (including phenoxy) is 2. The molecule has 0 aliphatic carbocycles. The number of hydrogen-bond donors (Lipinski definition) is 1. The van der Waals surface area contributed by atoms with Gasteiger partial charge in [-0.15, -0.1) is 0 Å². The minimum absolute atomic E-state index is 0.135. The van der Waals surface area contributed by atoms with E-state index in [0.717, 1.165) is 18.4 Å². The number of ketones is 1. The van der Waals surface area contributed by atoms with Gasteiger partial charge >= 0.3 is 5.97 Å². The lowest BCUT2D eigenvalue weighted by atomic mass is 9.94. The maximum atomic E-state index is 11.7. The fourth-order valence-electron chi connectivity index (χ4n) is 2.07. The number of aliphatic hydroxyl groups is 1. The van der Waals surface area contributed by atoms with Gasteiger partial charge in [0, 0.05) is 7.11 Å². The summed E-state index contributed by atoms with van der Waals surface area (Å²) in [5.41, 5.74) is 1.35. The van der Waals surface area contributed by atoms with E-state index in [4.69, 9.17) is 4.74 Å². The van der Waals surface area contributed by atoms with Gasteiger partial charge in [0.2, 0.25) is 0 Å². The zero-order chi connectivity index (χ0) is 16.0. The molecule has 21 heavy (non-hydrogen) atoms. The normalized spacial score (nSPS) is 13.6. The second kappa shape index (κ2) is 7.90. The molecule has 1 rings (SSSR count). The number of carbonyl (C=O) groups is 2. The lowest BCUT2D eigenvalue weighted by molar-refractivity contribution is -0.168. The standard InChI is InChI=1S/C16H22O5/c1-5-6-10(2)12-7-8-14(13(9-12)11(3)17)21-16(19)15(18)20-4/h7-10,15,18H,5-6H2,1-4H3. The van der Waals surface area contributed by atoms with Crippen LogP contribution in [0.4, 0.5) is 0 Å². The van der Waals surface area contributed by atoms with Gasteiger partial charge in [0.25, 0.3) is 6.29 Å². The third kappa shape index (κ3) is 4.65. The van der Waals surface area contributed by atoms with Crippen molar-refractivity contribution in [3.05, 3.63) is 29.3 Å². The van der Waals surface area contributed by atoms with Gasteiger partial charge in [-0.2, -0.15) is 0 Å². The molecule has 0 aliphatic rings. The van der Waals surface area contributed by atoms with Gasteiger partial charge in [-0.05, 0) is 37.0 Å². The van der Waals surface area contributed by atoms with Crippen LogP contribution in [0.2, 0.25) is 0 Å². The number of hydrogen-bond acceptors (Lipinski definition) is 5. The Morgan fingerprint density at radius 1 is 1.33 bits per heavy atom. The predicted molar refractivity (Wildman–Crippen MR) is 78.4 cm³/mol. The second-order valence-corrected chi connectivity index (χ2v) is 5.01. The Labute approximate surface area is 124 Å². The van der Waals surface area contributed by atoms with Gasteiger partial charge in [-0.1, -0.05) is 26.3 Å². The van der Waals surface area contributed by atoms with Gasteiger partial charge in [-0.3, -0.25) is 4.79 Å². The van der Waals surface area contributed by atoms with E-state index in [2.05, 4.69) is 18.6 Å². The first-order valence-corrected chi connectivity index (χ1v) is 6.98. The van der Waals surface area contributed by atoms with Crippen LogP contribution in [0.5, 0.6) is 5.75 Å². The van der Waals surface area contributed by atoms with E-state index in [9.17, 15) is 14.7 Å². The highest BCUT2D eigenvalue weighted by Crippen LogP contribution is 2.27. The number of benzene rings is 1. The highest BCUT2D eigenvalue weighted by atomic mass is 16.6. The number of carbonyl (C=O) groups excluding carboxylic acids is 2. The Morgan fingerprint density at radius 2 is 2.00 bits per heavy atom. The molecule has 0 saturated heterocycles. The van der Waals surface area contributed by atoms with E-state index in [1.54, 1.807) is 12.1 Å². The van der Waals surface area contributed by atoms with Crippen LogP contribution in [0.25, 0.3) is 0 Å². The molecule has 0 bridgehead atoms. The zero-order valence-electron chi connectivity index (χ0n) is 12.9. The fourth-order valence-corrected chi connectivity index (χ4v) is 2.07. The minimum atomic E-state index is -1.66. The van der Waals surface area contributed by atoms with Crippen LogP contribution in [0.15, 0.2) is 18.2 Å². The van der Waals surface area contributed by atoms with Crippen molar-refractivity contribution in [2.24, 2.45) is 0 Å². The Morgan fingerprint density at radius 3 is 2.52 bits per heavy atom. The van der Waals surface area contributed by atoms with Crippen molar-refractivity contribution >= 4 is 11.8 Å². The van der Waals surface area contributed by atoms with Crippen molar-refractivity contribution in [2.45, 2.75) is 45.8 Å². The quantitative estimate of drug-likeness (QED) is 0.362. The summed E-state index contributed by atoms with van der Waals surface area (Å²) in [6.45, 7) is 5.60. The van der Waals surface area contributed by atoms with Crippen LogP contribution in [-0.4, -0.2) is 30.3 Å². The maximum Gasteiger partial charge on any atom is 0.368 e. The number of aliphatic hydroxyl groups excluding tert-OH is 1. The van der Waals surface area contributed by atoms with Crippen LogP contribution < -0.4 is 4.74 Å². The third-order valence-corrected chi connectivity index (χ3v) is 3.31. The summed E-state index contributed by atoms with van der Waals surface area (Å²) < 4.78 is 9.49. The molecule has 2 atom stereocenters. The molecule has 116 valence electrons. The molecule has 0 amide bonds. The molecule has 0 aliphatic heterocycles.